The summed E-state index contributed by atoms with van der Waals surface area (Å²) in [6.07, 6.45) is 6.45. The third-order valence-corrected chi connectivity index (χ3v) is 10.0. The van der Waals surface area contributed by atoms with Crippen molar-refractivity contribution < 1.29 is 13.2 Å². The number of halogens is 1. The fraction of sp³-hybridized carbons (Fsp3) is 0.371. The molecule has 0 bridgehead atoms. The van der Waals surface area contributed by atoms with Crippen LogP contribution in [0.1, 0.15) is 39.9 Å². The number of rotatable bonds is 10. The number of benzene rings is 2. The van der Waals surface area contributed by atoms with Crippen LogP contribution in [0.3, 0.4) is 0 Å². The Morgan fingerprint density at radius 1 is 0.957 bits per heavy atom. The quantitative estimate of drug-likeness (QED) is 0.254. The molecule has 6 rings (SSSR count). The summed E-state index contributed by atoms with van der Waals surface area (Å²) in [5.74, 6) is 6.56. The Hall–Kier alpha value is -3.56. The molecule has 0 radical (unpaired) electrons. The lowest BCUT2D eigenvalue weighted by atomic mass is 10.0. The second kappa shape index (κ2) is 14.9. The van der Waals surface area contributed by atoms with Crippen molar-refractivity contribution in [3.05, 3.63) is 106 Å². The Morgan fingerprint density at radius 3 is 2.57 bits per heavy atom. The van der Waals surface area contributed by atoms with Gasteiger partial charge in [-0.3, -0.25) is 14.6 Å². The lowest BCUT2D eigenvalue weighted by Gasteiger charge is -2.27. The summed E-state index contributed by atoms with van der Waals surface area (Å²) in [5.41, 5.74) is 7.65. The SMILES string of the molecule is CS(=O)(=O)N1CCc2c(c(-c3ccc(Cl)c(C#Cc4cccc(CNCc5ccncc5)c4)c3)nn2CCCN2CCOCC2)C1. The second-order valence-corrected chi connectivity index (χ2v) is 14.1. The van der Waals surface area contributed by atoms with E-state index >= 15 is 0 Å². The molecule has 4 heterocycles. The number of hydrogen-bond donors (Lipinski definition) is 1. The van der Waals surface area contributed by atoms with E-state index in [1.165, 1.54) is 16.1 Å². The highest BCUT2D eigenvalue weighted by atomic mass is 35.5. The van der Waals surface area contributed by atoms with Crippen LogP contribution in [0, 0.1) is 11.8 Å². The van der Waals surface area contributed by atoms with Crippen LogP contribution in [-0.2, 0) is 47.4 Å². The van der Waals surface area contributed by atoms with Crippen molar-refractivity contribution in [2.45, 2.75) is 39.0 Å². The topological polar surface area (TPSA) is 92.6 Å². The zero-order valence-corrected chi connectivity index (χ0v) is 27.7. The summed E-state index contributed by atoms with van der Waals surface area (Å²) in [6, 6.07) is 17.9. The van der Waals surface area contributed by atoms with Gasteiger partial charge in [-0.2, -0.15) is 9.40 Å². The summed E-state index contributed by atoms with van der Waals surface area (Å²) in [4.78, 5) is 6.49. The van der Waals surface area contributed by atoms with E-state index in [1.807, 2.05) is 42.5 Å². The molecule has 0 aliphatic carbocycles. The van der Waals surface area contributed by atoms with Gasteiger partial charge in [-0.25, -0.2) is 8.42 Å². The average molecular weight is 659 g/mol. The molecule has 9 nitrogen and oxygen atoms in total. The molecule has 46 heavy (non-hydrogen) atoms. The number of hydrogen-bond acceptors (Lipinski definition) is 7. The number of fused-ring (bicyclic) bond motifs is 1. The molecule has 1 N–H and O–H groups in total. The van der Waals surface area contributed by atoms with Crippen molar-refractivity contribution >= 4 is 21.6 Å². The number of aromatic nitrogens is 3. The van der Waals surface area contributed by atoms with Crippen molar-refractivity contribution in [1.82, 2.24) is 29.3 Å². The molecule has 1 saturated heterocycles. The Labute approximate surface area is 276 Å². The molecule has 0 amide bonds. The van der Waals surface area contributed by atoms with Gasteiger partial charge in [0, 0.05) is 99.1 Å². The molecule has 240 valence electrons. The average Bonchev–Trinajstić information content (AvgIpc) is 3.43. The molecule has 0 saturated carbocycles. The molecule has 2 aromatic carbocycles. The zero-order valence-electron chi connectivity index (χ0n) is 26.1. The van der Waals surface area contributed by atoms with Gasteiger partial charge in [0.25, 0.3) is 0 Å². The summed E-state index contributed by atoms with van der Waals surface area (Å²) < 4.78 is 34.1. The van der Waals surface area contributed by atoms with E-state index in [4.69, 9.17) is 21.4 Å². The first kappa shape index (κ1) is 32.4. The van der Waals surface area contributed by atoms with Crippen LogP contribution >= 0.6 is 11.6 Å². The van der Waals surface area contributed by atoms with Gasteiger partial charge >= 0.3 is 0 Å². The lowest BCUT2D eigenvalue weighted by molar-refractivity contribution is 0.0368. The smallest absolute Gasteiger partial charge is 0.211 e. The minimum atomic E-state index is -3.34. The predicted molar refractivity (Wildman–Crippen MR) is 181 cm³/mol. The monoisotopic (exact) mass is 658 g/mol. The molecule has 11 heteroatoms. The number of sulfonamides is 1. The molecule has 1 fully saturated rings. The number of aryl methyl sites for hydroxylation is 1. The maximum Gasteiger partial charge on any atom is 0.211 e. The van der Waals surface area contributed by atoms with Crippen molar-refractivity contribution in [2.24, 2.45) is 0 Å². The summed E-state index contributed by atoms with van der Waals surface area (Å²) in [6.45, 7) is 7.45. The summed E-state index contributed by atoms with van der Waals surface area (Å²) >= 11 is 6.64. The van der Waals surface area contributed by atoms with Gasteiger partial charge in [0.1, 0.15) is 0 Å². The number of ether oxygens (including phenoxy) is 1. The number of nitrogens with zero attached hydrogens (tertiary/aromatic N) is 5. The van der Waals surface area contributed by atoms with Gasteiger partial charge < -0.3 is 10.1 Å². The van der Waals surface area contributed by atoms with E-state index in [0.717, 1.165) is 92.5 Å². The van der Waals surface area contributed by atoms with Gasteiger partial charge in [-0.1, -0.05) is 41.6 Å². The molecule has 4 aromatic rings. The number of pyridine rings is 1. The molecule has 2 aromatic heterocycles. The summed E-state index contributed by atoms with van der Waals surface area (Å²) in [7, 11) is -3.34. The number of morpholine rings is 1. The Bertz CT molecular complexity index is 1830. The summed E-state index contributed by atoms with van der Waals surface area (Å²) in [5, 5.41) is 9.09. The number of nitrogens with one attached hydrogen (secondary N) is 1. The fourth-order valence-electron chi connectivity index (χ4n) is 5.95. The van der Waals surface area contributed by atoms with Gasteiger partial charge in [-0.05, 0) is 53.9 Å². The third-order valence-electron chi connectivity index (χ3n) is 8.43. The van der Waals surface area contributed by atoms with Crippen molar-refractivity contribution in [3.63, 3.8) is 0 Å². The Balaban J connectivity index is 1.22. The van der Waals surface area contributed by atoms with Crippen molar-refractivity contribution in [1.29, 1.82) is 0 Å². The van der Waals surface area contributed by atoms with Crippen molar-refractivity contribution in [2.75, 3.05) is 45.6 Å². The van der Waals surface area contributed by atoms with Gasteiger partial charge in [0.05, 0.1) is 30.2 Å². The second-order valence-electron chi connectivity index (χ2n) is 11.8. The minimum Gasteiger partial charge on any atom is -0.379 e. The minimum absolute atomic E-state index is 0.304. The maximum absolute atomic E-state index is 12.5. The maximum atomic E-state index is 12.5. The molecule has 0 unspecified atom stereocenters. The standard InChI is InChI=1S/C35H39ClN6O3S/c1-46(43,44)41-17-12-34-32(26-41)35(39-42(34)16-3-15-40-18-20-45-21-19-40)31-8-9-33(36)30(23-31)7-6-27-4-2-5-29(22-27)25-38-24-28-10-13-37-14-11-28/h2,4-5,8-11,13-14,22-23,38H,3,12,15-21,24-26H2,1H3. The van der Waals surface area contributed by atoms with Crippen molar-refractivity contribution in [3.8, 4) is 23.1 Å². The van der Waals surface area contributed by atoms with Crippen LogP contribution in [0.25, 0.3) is 11.3 Å². The van der Waals surface area contributed by atoms with E-state index in [-0.39, 0.29) is 0 Å². The van der Waals surface area contributed by atoms with E-state index in [9.17, 15) is 8.42 Å². The molecular formula is C35H39ClN6O3S. The van der Waals surface area contributed by atoms with Gasteiger partial charge in [0.2, 0.25) is 10.0 Å². The highest BCUT2D eigenvalue weighted by Crippen LogP contribution is 2.33. The van der Waals surface area contributed by atoms with E-state index < -0.39 is 10.0 Å². The van der Waals surface area contributed by atoms with Crippen LogP contribution in [0.5, 0.6) is 0 Å². The van der Waals surface area contributed by atoms with Crippen LogP contribution in [0.15, 0.2) is 67.0 Å². The molecular weight excluding hydrogens is 620 g/mol. The highest BCUT2D eigenvalue weighted by Gasteiger charge is 2.30. The molecule has 2 aliphatic rings. The molecule has 0 atom stereocenters. The fourth-order valence-corrected chi connectivity index (χ4v) is 6.90. The van der Waals surface area contributed by atoms with Crippen LogP contribution in [-0.4, -0.2) is 78.0 Å². The van der Waals surface area contributed by atoms with Gasteiger partial charge in [0.15, 0.2) is 0 Å². The van der Waals surface area contributed by atoms with Crippen LogP contribution in [0.2, 0.25) is 5.02 Å². The van der Waals surface area contributed by atoms with E-state index in [0.29, 0.717) is 30.1 Å². The zero-order chi connectivity index (χ0) is 31.9. The van der Waals surface area contributed by atoms with Crippen LogP contribution < -0.4 is 5.32 Å². The first-order valence-electron chi connectivity index (χ1n) is 15.7. The largest absolute Gasteiger partial charge is 0.379 e. The first-order chi connectivity index (χ1) is 22.3. The van der Waals surface area contributed by atoms with E-state index in [1.54, 1.807) is 12.4 Å². The lowest BCUT2D eigenvalue weighted by Crippen LogP contribution is -2.37. The molecule has 2 aliphatic heterocycles. The highest BCUT2D eigenvalue weighted by molar-refractivity contribution is 7.88. The Morgan fingerprint density at radius 2 is 1.76 bits per heavy atom. The third kappa shape index (κ3) is 8.23. The van der Waals surface area contributed by atoms with Gasteiger partial charge in [-0.15, -0.1) is 0 Å². The predicted octanol–water partition coefficient (Wildman–Crippen LogP) is 4.33. The molecule has 0 spiro atoms. The van der Waals surface area contributed by atoms with E-state index in [2.05, 4.69) is 43.9 Å². The Kier molecular flexibility index (Phi) is 10.5. The van der Waals surface area contributed by atoms with Crippen LogP contribution in [0.4, 0.5) is 0 Å². The first-order valence-corrected chi connectivity index (χ1v) is 17.9. The normalized spacial score (nSPS) is 15.7.